The minimum Gasteiger partial charge on any atom is -0.389 e. The molecule has 1 aromatic rings. The molecular weight excluding hydrogens is 236 g/mol. The van der Waals surface area contributed by atoms with Crippen LogP contribution in [0.2, 0.25) is 0 Å². The third kappa shape index (κ3) is 4.02. The van der Waals surface area contributed by atoms with Crippen molar-refractivity contribution in [2.24, 2.45) is 11.5 Å². The second-order valence-electron chi connectivity index (χ2n) is 3.91. The number of carbonyl (C=O) groups excluding carboxylic acids is 2. The monoisotopic (exact) mass is 252 g/mol. The average molecular weight is 252 g/mol. The van der Waals surface area contributed by atoms with Gasteiger partial charge in [0.25, 0.3) is 0 Å². The van der Waals surface area contributed by atoms with Crippen molar-refractivity contribution in [2.45, 2.75) is 13.0 Å². The highest BCUT2D eigenvalue weighted by molar-refractivity contribution is 5.84. The Morgan fingerprint density at radius 3 is 2.39 bits per heavy atom. The van der Waals surface area contributed by atoms with E-state index in [2.05, 4.69) is 4.98 Å². The van der Waals surface area contributed by atoms with Crippen LogP contribution >= 0.6 is 0 Å². The highest BCUT2D eigenvalue weighted by Crippen LogP contribution is 2.17. The lowest BCUT2D eigenvalue weighted by Gasteiger charge is -2.21. The number of anilines is 1. The summed E-state index contributed by atoms with van der Waals surface area (Å²) >= 11 is 0. The van der Waals surface area contributed by atoms with Gasteiger partial charge in [-0.25, -0.2) is 4.98 Å². The minimum absolute atomic E-state index is 0.167. The summed E-state index contributed by atoms with van der Waals surface area (Å²) in [5.74, 6) is -0.827. The molecule has 0 aliphatic carbocycles. The Balaban J connectivity index is 2.99. The van der Waals surface area contributed by atoms with Crippen LogP contribution < -0.4 is 16.4 Å². The van der Waals surface area contributed by atoms with E-state index in [0.29, 0.717) is 11.4 Å². The van der Waals surface area contributed by atoms with E-state index in [-0.39, 0.29) is 13.1 Å². The van der Waals surface area contributed by atoms with Gasteiger partial charge in [-0.1, -0.05) is 0 Å². The molecule has 0 bridgehead atoms. The highest BCUT2D eigenvalue weighted by Gasteiger charge is 2.14. The minimum atomic E-state index is -0.671. The number of pyridine rings is 1. The first kappa shape index (κ1) is 13.9. The molecule has 5 N–H and O–H groups in total. The Hall–Kier alpha value is -2.15. The number of rotatable bonds is 6. The van der Waals surface area contributed by atoms with Crippen molar-refractivity contribution >= 4 is 17.6 Å². The lowest BCUT2D eigenvalue weighted by Crippen LogP contribution is -2.40. The van der Waals surface area contributed by atoms with E-state index in [9.17, 15) is 14.7 Å². The molecule has 0 aromatic carbocycles. The van der Waals surface area contributed by atoms with E-state index in [4.69, 9.17) is 11.5 Å². The largest absolute Gasteiger partial charge is 0.389 e. The lowest BCUT2D eigenvalue weighted by atomic mass is 10.1. The van der Waals surface area contributed by atoms with Crippen LogP contribution in [0.3, 0.4) is 0 Å². The summed E-state index contributed by atoms with van der Waals surface area (Å²) in [4.78, 5) is 27.3. The third-order valence-electron chi connectivity index (χ3n) is 2.27. The molecule has 0 unspecified atom stereocenters. The van der Waals surface area contributed by atoms with Crippen molar-refractivity contribution < 1.29 is 14.7 Å². The van der Waals surface area contributed by atoms with Crippen molar-refractivity contribution in [1.29, 1.82) is 0 Å². The molecule has 0 saturated heterocycles. The number of aliphatic hydroxyl groups is 1. The fraction of sp³-hybridized carbons (Fsp3) is 0.364. The van der Waals surface area contributed by atoms with E-state index >= 15 is 0 Å². The normalized spacial score (nSPS) is 11.9. The Labute approximate surface area is 104 Å². The van der Waals surface area contributed by atoms with Crippen LogP contribution in [-0.2, 0) is 9.59 Å². The number of aliphatic hydroxyl groups excluding tert-OH is 1. The Bertz CT molecular complexity index is 432. The van der Waals surface area contributed by atoms with Crippen molar-refractivity contribution in [1.82, 2.24) is 4.98 Å². The molecule has 0 spiro atoms. The Morgan fingerprint density at radius 2 is 1.94 bits per heavy atom. The number of aromatic nitrogens is 1. The SMILES string of the molecule is C[C@@H](O)c1ccnc(N(CC(N)=O)CC(N)=O)c1. The molecule has 1 rings (SSSR count). The van der Waals surface area contributed by atoms with Gasteiger partial charge in [-0.05, 0) is 24.6 Å². The third-order valence-corrected chi connectivity index (χ3v) is 2.27. The molecule has 18 heavy (non-hydrogen) atoms. The molecule has 98 valence electrons. The van der Waals surface area contributed by atoms with Crippen molar-refractivity contribution in [3.63, 3.8) is 0 Å². The highest BCUT2D eigenvalue weighted by atomic mass is 16.3. The van der Waals surface area contributed by atoms with E-state index in [1.807, 2.05) is 0 Å². The Kier molecular flexibility index (Phi) is 4.61. The summed E-state index contributed by atoms with van der Waals surface area (Å²) in [5, 5.41) is 9.46. The molecule has 0 saturated carbocycles. The molecular formula is C11H16N4O3. The first-order chi connectivity index (χ1) is 8.40. The summed E-state index contributed by atoms with van der Waals surface area (Å²) in [6.07, 6.45) is 0.808. The van der Waals surface area contributed by atoms with Gasteiger partial charge in [-0.2, -0.15) is 0 Å². The maximum atomic E-state index is 10.9. The molecule has 2 amide bonds. The smallest absolute Gasteiger partial charge is 0.237 e. The van der Waals surface area contributed by atoms with Crippen LogP contribution in [0.25, 0.3) is 0 Å². The van der Waals surface area contributed by atoms with E-state index in [0.717, 1.165) is 0 Å². The van der Waals surface area contributed by atoms with E-state index < -0.39 is 17.9 Å². The predicted octanol–water partition coefficient (Wildman–Crippen LogP) is -1.09. The molecule has 7 heteroatoms. The number of amides is 2. The number of hydrogen-bond donors (Lipinski definition) is 3. The number of nitrogens with zero attached hydrogens (tertiary/aromatic N) is 2. The molecule has 0 fully saturated rings. The van der Waals surface area contributed by atoms with Gasteiger partial charge in [0, 0.05) is 6.20 Å². The van der Waals surface area contributed by atoms with Gasteiger partial charge >= 0.3 is 0 Å². The second kappa shape index (κ2) is 5.97. The van der Waals surface area contributed by atoms with Crippen molar-refractivity contribution in [3.8, 4) is 0 Å². The first-order valence-electron chi connectivity index (χ1n) is 5.35. The van der Waals surface area contributed by atoms with Gasteiger partial charge < -0.3 is 21.5 Å². The summed E-state index contributed by atoms with van der Waals surface area (Å²) < 4.78 is 0. The summed E-state index contributed by atoms with van der Waals surface area (Å²) in [6, 6.07) is 3.22. The van der Waals surface area contributed by atoms with Crippen molar-refractivity contribution in [2.75, 3.05) is 18.0 Å². The van der Waals surface area contributed by atoms with Gasteiger partial charge in [-0.15, -0.1) is 0 Å². The molecule has 0 aliphatic heterocycles. The number of nitrogens with two attached hydrogens (primary N) is 2. The summed E-state index contributed by atoms with van der Waals surface area (Å²) in [7, 11) is 0. The van der Waals surface area contributed by atoms with Crippen LogP contribution in [0.5, 0.6) is 0 Å². The number of carbonyl (C=O) groups is 2. The Morgan fingerprint density at radius 1 is 1.39 bits per heavy atom. The fourth-order valence-corrected chi connectivity index (χ4v) is 1.46. The zero-order valence-electron chi connectivity index (χ0n) is 10.0. The van der Waals surface area contributed by atoms with Gasteiger partial charge in [0.2, 0.25) is 11.8 Å². The zero-order chi connectivity index (χ0) is 13.7. The maximum Gasteiger partial charge on any atom is 0.237 e. The number of hydrogen-bond acceptors (Lipinski definition) is 5. The topological polar surface area (TPSA) is 123 Å². The summed E-state index contributed by atoms with van der Waals surface area (Å²) in [6.45, 7) is 1.27. The number of primary amides is 2. The second-order valence-corrected chi connectivity index (χ2v) is 3.91. The molecule has 1 atom stereocenters. The lowest BCUT2D eigenvalue weighted by molar-refractivity contribution is -0.117. The zero-order valence-corrected chi connectivity index (χ0v) is 10.0. The van der Waals surface area contributed by atoms with Crippen LogP contribution in [-0.4, -0.2) is 35.0 Å². The predicted molar refractivity (Wildman–Crippen MR) is 65.5 cm³/mol. The first-order valence-corrected chi connectivity index (χ1v) is 5.35. The molecule has 0 radical (unpaired) electrons. The van der Waals surface area contributed by atoms with E-state index in [1.54, 1.807) is 19.1 Å². The quantitative estimate of drug-likeness (QED) is 0.593. The average Bonchev–Trinajstić information content (AvgIpc) is 2.27. The van der Waals surface area contributed by atoms with E-state index in [1.165, 1.54) is 11.1 Å². The maximum absolute atomic E-state index is 10.9. The van der Waals surface area contributed by atoms with Gasteiger partial charge in [0.05, 0.1) is 19.2 Å². The van der Waals surface area contributed by atoms with Crippen LogP contribution in [0.4, 0.5) is 5.82 Å². The summed E-state index contributed by atoms with van der Waals surface area (Å²) in [5.41, 5.74) is 10.8. The standard InChI is InChI=1S/C11H16N4O3/c1-7(16)8-2-3-14-11(4-8)15(5-9(12)17)6-10(13)18/h2-4,7,16H,5-6H2,1H3,(H2,12,17)(H2,13,18)/t7-/m1/s1. The van der Waals surface area contributed by atoms with Gasteiger partial charge in [0.15, 0.2) is 0 Å². The van der Waals surface area contributed by atoms with Crippen LogP contribution in [0, 0.1) is 0 Å². The molecule has 0 aliphatic rings. The van der Waals surface area contributed by atoms with Gasteiger partial charge in [0.1, 0.15) is 5.82 Å². The van der Waals surface area contributed by atoms with Crippen LogP contribution in [0.1, 0.15) is 18.6 Å². The van der Waals surface area contributed by atoms with Gasteiger partial charge in [-0.3, -0.25) is 9.59 Å². The van der Waals surface area contributed by atoms with Crippen LogP contribution in [0.15, 0.2) is 18.3 Å². The van der Waals surface area contributed by atoms with Crippen molar-refractivity contribution in [3.05, 3.63) is 23.9 Å². The molecule has 7 nitrogen and oxygen atoms in total. The molecule has 1 aromatic heterocycles. The fourth-order valence-electron chi connectivity index (χ4n) is 1.46. The molecule has 1 heterocycles.